The Bertz CT molecular complexity index is 2580. The molecule has 0 aromatic heterocycles. The first-order chi connectivity index (χ1) is 35.4. The van der Waals surface area contributed by atoms with Crippen molar-refractivity contribution in [3.8, 4) is 5.75 Å². The predicted octanol–water partition coefficient (Wildman–Crippen LogP) is 11.3. The van der Waals surface area contributed by atoms with Crippen molar-refractivity contribution in [2.24, 2.45) is 0 Å². The highest BCUT2D eigenvalue weighted by atomic mass is 35.6. The lowest BCUT2D eigenvalue weighted by molar-refractivity contribution is -0.358. The quantitative estimate of drug-likeness (QED) is 0.0506. The average molecular weight is 1110 g/mol. The Morgan fingerprint density at radius 2 is 1.38 bits per heavy atom. The molecular weight excluding hydrogens is 1050 g/mol. The van der Waals surface area contributed by atoms with Crippen molar-refractivity contribution in [1.29, 1.82) is 0 Å². The van der Waals surface area contributed by atoms with Crippen LogP contribution >= 0.6 is 46.6 Å². The Morgan fingerprint density at radius 1 is 0.743 bits per heavy atom. The largest absolute Gasteiger partial charge is 0.497 e. The van der Waals surface area contributed by atoms with Crippen molar-refractivity contribution in [1.82, 2.24) is 5.32 Å². The molecule has 1 N–H and O–H groups in total. The standard InChI is InChI=1S/C56H64Cl3NO12SSi/c1-35-23-29-41(30-24-35)73-53-44(60-54(62)56(57,58)59)47(45-43(68-53)34-66-51(70-45)39-21-15-10-16-22-39)71-52-49(69-50(61)38-19-13-9-14-20-38)48(65-32-36-17-11-8-12-18-36)46(72-74(6,7)55(2,3)4)42(67-52)33-64-31-37-25-27-40(63-5)28-26-37/h8-30,42-49,51-53H,31-34H2,1-7H3,(H,60,62)/t42-,43-,44-,45-,46-,47-,48+,49-,51-,52+,53+/m1/s1. The molecule has 8 rings (SSSR count). The molecule has 5 aromatic rings. The van der Waals surface area contributed by atoms with Crippen LogP contribution in [0.2, 0.25) is 18.1 Å². The number of thioether (sulfide) groups is 1. The first-order valence-corrected chi connectivity index (χ1v) is 29.5. The lowest BCUT2D eigenvalue weighted by Gasteiger charge is -2.53. The number of alkyl halides is 3. The number of amides is 1. The maximum atomic E-state index is 14.6. The van der Waals surface area contributed by atoms with Crippen LogP contribution < -0.4 is 10.1 Å². The van der Waals surface area contributed by atoms with Gasteiger partial charge in [0.15, 0.2) is 27.0 Å². The fraction of sp³-hybridized carbons (Fsp3) is 0.429. The van der Waals surface area contributed by atoms with E-state index in [2.05, 4.69) is 39.2 Å². The van der Waals surface area contributed by atoms with Crippen LogP contribution in [0.25, 0.3) is 0 Å². The Balaban J connectivity index is 1.26. The van der Waals surface area contributed by atoms with E-state index in [-0.39, 0.29) is 37.0 Å². The Labute approximate surface area is 454 Å². The second-order valence-corrected chi connectivity index (χ2v) is 28.2. The van der Waals surface area contributed by atoms with Crippen molar-refractivity contribution in [3.63, 3.8) is 0 Å². The van der Waals surface area contributed by atoms with Crippen LogP contribution in [-0.4, -0.2) is 105 Å². The summed E-state index contributed by atoms with van der Waals surface area (Å²) in [5.41, 5.74) is 2.94. The smallest absolute Gasteiger partial charge is 0.338 e. The number of esters is 1. The summed E-state index contributed by atoms with van der Waals surface area (Å²) >= 11 is 20.3. The second kappa shape index (κ2) is 25.0. The number of carbonyl (C=O) groups excluding carboxylic acids is 2. The molecule has 3 heterocycles. The van der Waals surface area contributed by atoms with Crippen molar-refractivity contribution >= 4 is 66.8 Å². The lowest BCUT2D eigenvalue weighted by Crippen LogP contribution is -2.70. The number of hydrogen-bond donors (Lipinski definition) is 1. The van der Waals surface area contributed by atoms with E-state index in [4.69, 9.17) is 81.9 Å². The summed E-state index contributed by atoms with van der Waals surface area (Å²) in [6.07, 6.45) is -9.35. The van der Waals surface area contributed by atoms with Gasteiger partial charge in [-0.2, -0.15) is 0 Å². The van der Waals surface area contributed by atoms with Crippen LogP contribution in [0.3, 0.4) is 0 Å². The van der Waals surface area contributed by atoms with Crippen molar-refractivity contribution in [2.45, 2.75) is 135 Å². The molecule has 396 valence electrons. The first-order valence-electron chi connectivity index (χ1n) is 24.6. The molecule has 0 unspecified atom stereocenters. The Morgan fingerprint density at radius 3 is 2.01 bits per heavy atom. The minimum Gasteiger partial charge on any atom is -0.497 e. The number of rotatable bonds is 18. The van der Waals surface area contributed by atoms with E-state index < -0.39 is 90.8 Å². The summed E-state index contributed by atoms with van der Waals surface area (Å²) in [5, 5.41) is 2.68. The Kier molecular flexibility index (Phi) is 18.9. The van der Waals surface area contributed by atoms with Crippen molar-refractivity contribution in [2.75, 3.05) is 20.3 Å². The third-order valence-electron chi connectivity index (χ3n) is 13.6. The topological polar surface area (TPSA) is 138 Å². The third-order valence-corrected chi connectivity index (χ3v) is 19.8. The molecule has 3 aliphatic rings. The van der Waals surface area contributed by atoms with E-state index in [1.807, 2.05) is 122 Å². The van der Waals surface area contributed by atoms with Gasteiger partial charge in [0, 0.05) is 10.5 Å². The van der Waals surface area contributed by atoms with Crippen LogP contribution in [0.5, 0.6) is 5.75 Å². The molecule has 0 saturated carbocycles. The fourth-order valence-electron chi connectivity index (χ4n) is 8.55. The maximum absolute atomic E-state index is 14.6. The van der Waals surface area contributed by atoms with Gasteiger partial charge in [-0.05, 0) is 72.6 Å². The summed E-state index contributed by atoms with van der Waals surface area (Å²) in [5.74, 6) is -0.882. The highest BCUT2D eigenvalue weighted by Crippen LogP contribution is 2.45. The van der Waals surface area contributed by atoms with E-state index in [0.717, 1.165) is 27.1 Å². The zero-order valence-electron chi connectivity index (χ0n) is 42.4. The minimum atomic E-state index is -2.71. The summed E-state index contributed by atoms with van der Waals surface area (Å²) < 4.78 is 65.3. The van der Waals surface area contributed by atoms with Crippen LogP contribution in [0.15, 0.2) is 144 Å². The SMILES string of the molecule is COc1ccc(COC[C@H]2O[C@@H](O[C@@H]3[C@@H](NC(=O)C(Cl)(Cl)Cl)[C@H](Sc4ccc(C)cc4)O[C@@H]4CO[C@@H](c5ccccc5)O[C@@H]34)[C@H](OC(=O)c3ccccc3)[C@@H](OCc3ccccc3)[C@@H]2O[Si](C)(C)C(C)(C)C)cc1. The molecule has 18 heteroatoms. The van der Waals surface area contributed by atoms with Gasteiger partial charge in [0.25, 0.3) is 9.70 Å². The number of nitrogens with one attached hydrogen (secondary N) is 1. The molecular formula is C56H64Cl3NO12SSi. The maximum Gasteiger partial charge on any atom is 0.338 e. The second-order valence-electron chi connectivity index (χ2n) is 20.0. The van der Waals surface area contributed by atoms with Gasteiger partial charge in [-0.3, -0.25) is 4.79 Å². The number of carbonyl (C=O) groups is 2. The highest BCUT2D eigenvalue weighted by molar-refractivity contribution is 7.99. The Hall–Kier alpha value is -4.04. The highest BCUT2D eigenvalue weighted by Gasteiger charge is 2.58. The first kappa shape index (κ1) is 56.2. The van der Waals surface area contributed by atoms with Gasteiger partial charge >= 0.3 is 5.97 Å². The van der Waals surface area contributed by atoms with E-state index >= 15 is 0 Å². The molecule has 0 bridgehead atoms. The third kappa shape index (κ3) is 14.3. The molecule has 5 aromatic carbocycles. The summed E-state index contributed by atoms with van der Waals surface area (Å²) in [4.78, 5) is 29.4. The van der Waals surface area contributed by atoms with E-state index in [1.165, 1.54) is 11.8 Å². The number of methoxy groups -OCH3 is 1. The van der Waals surface area contributed by atoms with E-state index in [1.54, 1.807) is 31.4 Å². The molecule has 0 aliphatic carbocycles. The van der Waals surface area contributed by atoms with Crippen LogP contribution in [0.1, 0.15) is 59.7 Å². The molecule has 3 saturated heterocycles. The predicted molar refractivity (Wildman–Crippen MR) is 287 cm³/mol. The van der Waals surface area contributed by atoms with Gasteiger partial charge in [-0.15, -0.1) is 0 Å². The van der Waals surface area contributed by atoms with Gasteiger partial charge in [-0.1, -0.05) is 176 Å². The van der Waals surface area contributed by atoms with Gasteiger partial charge in [-0.25, -0.2) is 4.79 Å². The molecule has 3 fully saturated rings. The van der Waals surface area contributed by atoms with Gasteiger partial charge in [0.05, 0.1) is 45.1 Å². The van der Waals surface area contributed by atoms with Gasteiger partial charge in [0.2, 0.25) is 0 Å². The molecule has 0 spiro atoms. The fourth-order valence-corrected chi connectivity index (χ4v) is 11.2. The zero-order valence-corrected chi connectivity index (χ0v) is 46.5. The normalized spacial score (nSPS) is 26.4. The van der Waals surface area contributed by atoms with Crippen molar-refractivity contribution in [3.05, 3.63) is 167 Å². The molecule has 11 atom stereocenters. The number of ether oxygens (including phenoxy) is 9. The molecule has 3 aliphatic heterocycles. The molecule has 0 radical (unpaired) electrons. The monoisotopic (exact) mass is 1110 g/mol. The number of benzene rings is 5. The van der Waals surface area contributed by atoms with E-state index in [9.17, 15) is 9.59 Å². The lowest BCUT2D eigenvalue weighted by atomic mass is 9.95. The van der Waals surface area contributed by atoms with Crippen LogP contribution in [0, 0.1) is 6.92 Å². The minimum absolute atomic E-state index is 0.00465. The van der Waals surface area contributed by atoms with Gasteiger partial charge < -0.3 is 52.4 Å². The zero-order chi connectivity index (χ0) is 52.6. The molecule has 13 nitrogen and oxygen atoms in total. The molecule has 74 heavy (non-hydrogen) atoms. The van der Waals surface area contributed by atoms with Crippen LogP contribution in [0.4, 0.5) is 0 Å². The van der Waals surface area contributed by atoms with Crippen LogP contribution in [-0.2, 0) is 60.3 Å². The summed E-state index contributed by atoms with van der Waals surface area (Å²) in [6, 6.07) is 42.1. The number of fused-ring (bicyclic) bond motifs is 1. The number of aryl methyl sites for hydroxylation is 1. The van der Waals surface area contributed by atoms with Gasteiger partial charge in [0.1, 0.15) is 47.8 Å². The molecule has 1 amide bonds. The number of halogens is 3. The number of hydrogen-bond acceptors (Lipinski definition) is 13. The average Bonchev–Trinajstić information content (AvgIpc) is 3.38. The summed E-state index contributed by atoms with van der Waals surface area (Å²) in [6.45, 7) is 13.1. The van der Waals surface area contributed by atoms with Crippen molar-refractivity contribution < 1.29 is 56.6 Å². The summed E-state index contributed by atoms with van der Waals surface area (Å²) in [7, 11) is -1.09. The van der Waals surface area contributed by atoms with E-state index in [0.29, 0.717) is 5.75 Å².